The number of aromatic nitrogens is 2. The average Bonchev–Trinajstić information content (AvgIpc) is 3.03. The summed E-state index contributed by atoms with van der Waals surface area (Å²) in [5, 5.41) is 7.23. The highest BCUT2D eigenvalue weighted by atomic mass is 79.9. The Morgan fingerprint density at radius 1 is 1.38 bits per heavy atom. The number of amides is 2. The third kappa shape index (κ3) is 3.08. The van der Waals surface area contributed by atoms with Gasteiger partial charge in [-0.25, -0.2) is 0 Å². The van der Waals surface area contributed by atoms with Gasteiger partial charge in [0.05, 0.1) is 23.0 Å². The third-order valence-corrected chi connectivity index (χ3v) is 4.87. The number of nitrogens with zero attached hydrogens (tertiary/aromatic N) is 3. The molecular weight excluding hydrogens is 372 g/mol. The van der Waals surface area contributed by atoms with Crippen molar-refractivity contribution in [2.75, 3.05) is 16.8 Å². The standard InChI is InChI=1S/C17H19BrN4O2/c1-10-16(11(2)21(3)20-10)19-17(24)12-7-15(23)22(9-12)14-6-4-5-13(18)8-14/h4-6,8,12H,7,9H2,1-3H3,(H,19,24). The van der Waals surface area contributed by atoms with E-state index >= 15 is 0 Å². The van der Waals surface area contributed by atoms with E-state index in [0.717, 1.165) is 27.2 Å². The number of anilines is 2. The van der Waals surface area contributed by atoms with E-state index in [-0.39, 0.29) is 24.2 Å². The Hall–Kier alpha value is -2.15. The number of hydrogen-bond donors (Lipinski definition) is 1. The molecule has 3 rings (SSSR count). The lowest BCUT2D eigenvalue weighted by Gasteiger charge is -2.17. The molecule has 0 bridgehead atoms. The van der Waals surface area contributed by atoms with E-state index < -0.39 is 0 Å². The molecule has 0 radical (unpaired) electrons. The molecule has 1 unspecified atom stereocenters. The minimum absolute atomic E-state index is 0.0344. The number of aryl methyl sites for hydroxylation is 2. The van der Waals surface area contributed by atoms with E-state index in [9.17, 15) is 9.59 Å². The zero-order chi connectivity index (χ0) is 17.4. The highest BCUT2D eigenvalue weighted by Crippen LogP contribution is 2.28. The van der Waals surface area contributed by atoms with Crippen LogP contribution < -0.4 is 10.2 Å². The van der Waals surface area contributed by atoms with Crippen molar-refractivity contribution in [3.8, 4) is 0 Å². The predicted molar refractivity (Wildman–Crippen MR) is 95.9 cm³/mol. The van der Waals surface area contributed by atoms with Crippen molar-refractivity contribution < 1.29 is 9.59 Å². The van der Waals surface area contributed by atoms with E-state index in [1.165, 1.54) is 0 Å². The zero-order valence-corrected chi connectivity index (χ0v) is 15.4. The van der Waals surface area contributed by atoms with Crippen LogP contribution in [0.1, 0.15) is 17.8 Å². The largest absolute Gasteiger partial charge is 0.323 e. The molecule has 0 saturated carbocycles. The Morgan fingerprint density at radius 3 is 2.75 bits per heavy atom. The quantitative estimate of drug-likeness (QED) is 0.875. The van der Waals surface area contributed by atoms with E-state index in [2.05, 4.69) is 26.3 Å². The van der Waals surface area contributed by atoms with Gasteiger partial charge in [-0.3, -0.25) is 14.3 Å². The van der Waals surface area contributed by atoms with Gasteiger partial charge in [-0.15, -0.1) is 0 Å². The number of carbonyl (C=O) groups is 2. The van der Waals surface area contributed by atoms with Crippen LogP contribution in [0.15, 0.2) is 28.7 Å². The summed E-state index contributed by atoms with van der Waals surface area (Å²) in [7, 11) is 1.84. The Morgan fingerprint density at radius 2 is 2.12 bits per heavy atom. The van der Waals surface area contributed by atoms with Gasteiger partial charge in [0.2, 0.25) is 11.8 Å². The van der Waals surface area contributed by atoms with Gasteiger partial charge in [0.15, 0.2) is 0 Å². The molecule has 2 heterocycles. The Balaban J connectivity index is 1.74. The van der Waals surface area contributed by atoms with Crippen LogP contribution >= 0.6 is 15.9 Å². The van der Waals surface area contributed by atoms with E-state index in [4.69, 9.17) is 0 Å². The van der Waals surface area contributed by atoms with Gasteiger partial charge >= 0.3 is 0 Å². The van der Waals surface area contributed by atoms with Gasteiger partial charge in [-0.1, -0.05) is 22.0 Å². The number of hydrogen-bond acceptors (Lipinski definition) is 3. The number of rotatable bonds is 3. The summed E-state index contributed by atoms with van der Waals surface area (Å²) >= 11 is 3.41. The summed E-state index contributed by atoms with van der Waals surface area (Å²) < 4.78 is 2.64. The van der Waals surface area contributed by atoms with Crippen molar-refractivity contribution in [3.63, 3.8) is 0 Å². The van der Waals surface area contributed by atoms with Crippen molar-refractivity contribution in [1.82, 2.24) is 9.78 Å². The first kappa shape index (κ1) is 16.7. The van der Waals surface area contributed by atoms with Crippen LogP contribution in [0, 0.1) is 19.8 Å². The number of benzene rings is 1. The summed E-state index contributed by atoms with van der Waals surface area (Å²) in [6.45, 7) is 4.15. The van der Waals surface area contributed by atoms with Crippen molar-refractivity contribution in [3.05, 3.63) is 40.1 Å². The zero-order valence-electron chi connectivity index (χ0n) is 13.8. The second-order valence-electron chi connectivity index (χ2n) is 6.04. The Kier molecular flexibility index (Phi) is 4.45. The van der Waals surface area contributed by atoms with Gasteiger partial charge < -0.3 is 10.2 Å². The van der Waals surface area contributed by atoms with Gasteiger partial charge in [0.1, 0.15) is 0 Å². The lowest BCUT2D eigenvalue weighted by Crippen LogP contribution is -2.28. The van der Waals surface area contributed by atoms with Crippen LogP contribution in [0.25, 0.3) is 0 Å². The third-order valence-electron chi connectivity index (χ3n) is 4.37. The molecular formula is C17H19BrN4O2. The summed E-state index contributed by atoms with van der Waals surface area (Å²) in [5.74, 6) is -0.539. The van der Waals surface area contributed by atoms with Crippen LogP contribution in [-0.4, -0.2) is 28.1 Å². The molecule has 1 N–H and O–H groups in total. The molecule has 0 spiro atoms. The molecule has 7 heteroatoms. The first-order valence-corrected chi connectivity index (χ1v) is 8.53. The lowest BCUT2D eigenvalue weighted by molar-refractivity contribution is -0.122. The van der Waals surface area contributed by atoms with Gasteiger partial charge in [0, 0.05) is 30.2 Å². The van der Waals surface area contributed by atoms with Gasteiger partial charge in [0.25, 0.3) is 0 Å². The number of nitrogens with one attached hydrogen (secondary N) is 1. The normalized spacial score (nSPS) is 17.4. The SMILES string of the molecule is Cc1nn(C)c(C)c1NC(=O)C1CC(=O)N(c2cccc(Br)c2)C1. The van der Waals surface area contributed by atoms with Gasteiger partial charge in [-0.2, -0.15) is 5.10 Å². The molecule has 1 saturated heterocycles. The van der Waals surface area contributed by atoms with Crippen LogP contribution in [0.4, 0.5) is 11.4 Å². The van der Waals surface area contributed by atoms with Crippen molar-refractivity contribution in [1.29, 1.82) is 0 Å². The highest BCUT2D eigenvalue weighted by molar-refractivity contribution is 9.10. The summed E-state index contributed by atoms with van der Waals surface area (Å²) in [4.78, 5) is 26.6. The molecule has 24 heavy (non-hydrogen) atoms. The Labute approximate surface area is 149 Å². The molecule has 1 aromatic carbocycles. The number of halogens is 1. The van der Waals surface area contributed by atoms with Gasteiger partial charge in [-0.05, 0) is 32.0 Å². The topological polar surface area (TPSA) is 67.2 Å². The fourth-order valence-corrected chi connectivity index (χ4v) is 3.34. The molecule has 1 fully saturated rings. The van der Waals surface area contributed by atoms with Crippen molar-refractivity contribution >= 4 is 39.1 Å². The molecule has 2 aromatic rings. The second kappa shape index (κ2) is 6.39. The first-order chi connectivity index (χ1) is 11.4. The van der Waals surface area contributed by atoms with E-state index in [1.54, 1.807) is 9.58 Å². The van der Waals surface area contributed by atoms with E-state index in [0.29, 0.717) is 6.54 Å². The fourth-order valence-electron chi connectivity index (χ4n) is 2.96. The molecule has 1 aliphatic rings. The smallest absolute Gasteiger partial charge is 0.229 e. The first-order valence-electron chi connectivity index (χ1n) is 7.74. The Bertz CT molecular complexity index is 815. The predicted octanol–water partition coefficient (Wildman–Crippen LogP) is 2.79. The maximum Gasteiger partial charge on any atom is 0.229 e. The number of carbonyl (C=O) groups excluding carboxylic acids is 2. The van der Waals surface area contributed by atoms with Crippen LogP contribution in [0.3, 0.4) is 0 Å². The molecule has 1 aliphatic heterocycles. The maximum absolute atomic E-state index is 12.6. The highest BCUT2D eigenvalue weighted by Gasteiger charge is 2.35. The van der Waals surface area contributed by atoms with Crippen LogP contribution in [0.2, 0.25) is 0 Å². The van der Waals surface area contributed by atoms with E-state index in [1.807, 2.05) is 45.2 Å². The fraction of sp³-hybridized carbons (Fsp3) is 0.353. The molecule has 6 nitrogen and oxygen atoms in total. The summed E-state index contributed by atoms with van der Waals surface area (Å²) in [6, 6.07) is 7.54. The van der Waals surface area contributed by atoms with Crippen LogP contribution in [-0.2, 0) is 16.6 Å². The monoisotopic (exact) mass is 390 g/mol. The second-order valence-corrected chi connectivity index (χ2v) is 6.96. The van der Waals surface area contributed by atoms with Crippen molar-refractivity contribution in [2.24, 2.45) is 13.0 Å². The minimum atomic E-state index is -0.365. The molecule has 0 aliphatic carbocycles. The molecule has 1 aromatic heterocycles. The maximum atomic E-state index is 12.6. The summed E-state index contributed by atoms with van der Waals surface area (Å²) in [6.07, 6.45) is 0.219. The molecule has 2 amide bonds. The average molecular weight is 391 g/mol. The van der Waals surface area contributed by atoms with Crippen LogP contribution in [0.5, 0.6) is 0 Å². The lowest BCUT2D eigenvalue weighted by atomic mass is 10.1. The molecule has 126 valence electrons. The minimum Gasteiger partial charge on any atom is -0.323 e. The molecule has 1 atom stereocenters. The summed E-state index contributed by atoms with van der Waals surface area (Å²) in [5.41, 5.74) is 3.21. The van der Waals surface area contributed by atoms with Crippen molar-refractivity contribution in [2.45, 2.75) is 20.3 Å².